The van der Waals surface area contributed by atoms with Crippen LogP contribution in [0.4, 0.5) is 11.5 Å². The predicted molar refractivity (Wildman–Crippen MR) is 103 cm³/mol. The lowest BCUT2D eigenvalue weighted by Crippen LogP contribution is -2.12. The van der Waals surface area contributed by atoms with Crippen LogP contribution in [0.2, 0.25) is 0 Å². The van der Waals surface area contributed by atoms with Gasteiger partial charge < -0.3 is 20.1 Å². The van der Waals surface area contributed by atoms with Gasteiger partial charge in [0.05, 0.1) is 19.8 Å². The molecule has 0 aliphatic rings. The lowest BCUT2D eigenvalue weighted by molar-refractivity contribution is 0.102. The molecule has 0 atom stereocenters. The maximum absolute atomic E-state index is 12.4. The summed E-state index contributed by atoms with van der Waals surface area (Å²) in [5.74, 6) is 1.57. The standard InChI is InChI=1S/C20H20N4O3/c1-26-17-7-6-16(10-18(17)27-2)24-20(25)15-5-8-19(23-13-15)22-12-14-4-3-9-21-11-14/h3-11,13H,12H2,1-2H3,(H,22,23)(H,24,25). The number of hydrogen-bond acceptors (Lipinski definition) is 6. The Morgan fingerprint density at radius 3 is 2.56 bits per heavy atom. The first-order chi connectivity index (χ1) is 13.2. The van der Waals surface area contributed by atoms with Crippen LogP contribution < -0.4 is 20.1 Å². The molecule has 7 nitrogen and oxygen atoms in total. The first kappa shape index (κ1) is 18.2. The number of nitrogens with zero attached hydrogens (tertiary/aromatic N) is 2. The van der Waals surface area contributed by atoms with E-state index in [9.17, 15) is 4.79 Å². The summed E-state index contributed by atoms with van der Waals surface area (Å²) >= 11 is 0. The van der Waals surface area contributed by atoms with Crippen molar-refractivity contribution in [2.24, 2.45) is 0 Å². The van der Waals surface area contributed by atoms with Crippen molar-refractivity contribution in [1.82, 2.24) is 9.97 Å². The highest BCUT2D eigenvalue weighted by molar-refractivity contribution is 6.04. The van der Waals surface area contributed by atoms with Crippen LogP contribution in [-0.2, 0) is 6.54 Å². The van der Waals surface area contributed by atoms with E-state index in [2.05, 4.69) is 20.6 Å². The van der Waals surface area contributed by atoms with E-state index in [-0.39, 0.29) is 5.91 Å². The monoisotopic (exact) mass is 364 g/mol. The number of amides is 1. The second-order valence-corrected chi connectivity index (χ2v) is 5.67. The first-order valence-electron chi connectivity index (χ1n) is 8.32. The summed E-state index contributed by atoms with van der Waals surface area (Å²) in [5.41, 5.74) is 2.11. The summed E-state index contributed by atoms with van der Waals surface area (Å²) in [4.78, 5) is 20.8. The Morgan fingerprint density at radius 1 is 1.04 bits per heavy atom. The topological polar surface area (TPSA) is 85.4 Å². The average molecular weight is 364 g/mol. The van der Waals surface area contributed by atoms with E-state index in [1.54, 1.807) is 56.9 Å². The Morgan fingerprint density at radius 2 is 1.89 bits per heavy atom. The number of aromatic nitrogens is 2. The Labute approximate surface area is 157 Å². The third-order valence-corrected chi connectivity index (χ3v) is 3.86. The highest BCUT2D eigenvalue weighted by atomic mass is 16.5. The van der Waals surface area contributed by atoms with Crippen molar-refractivity contribution < 1.29 is 14.3 Å². The molecule has 2 N–H and O–H groups in total. The van der Waals surface area contributed by atoms with Gasteiger partial charge in [-0.1, -0.05) is 6.07 Å². The minimum atomic E-state index is -0.256. The van der Waals surface area contributed by atoms with Crippen molar-refractivity contribution in [3.63, 3.8) is 0 Å². The van der Waals surface area contributed by atoms with Crippen molar-refractivity contribution in [2.45, 2.75) is 6.54 Å². The van der Waals surface area contributed by atoms with E-state index in [0.29, 0.717) is 35.1 Å². The Balaban J connectivity index is 1.62. The number of nitrogens with one attached hydrogen (secondary N) is 2. The first-order valence-corrected chi connectivity index (χ1v) is 8.32. The molecule has 2 heterocycles. The number of carbonyl (C=O) groups excluding carboxylic acids is 1. The molecule has 138 valence electrons. The van der Waals surface area contributed by atoms with E-state index in [4.69, 9.17) is 9.47 Å². The van der Waals surface area contributed by atoms with Crippen LogP contribution in [0, 0.1) is 0 Å². The van der Waals surface area contributed by atoms with Crippen molar-refractivity contribution in [3.8, 4) is 11.5 Å². The van der Waals surface area contributed by atoms with Crippen LogP contribution in [0.3, 0.4) is 0 Å². The Hall–Kier alpha value is -3.61. The number of hydrogen-bond donors (Lipinski definition) is 2. The number of methoxy groups -OCH3 is 2. The van der Waals surface area contributed by atoms with Gasteiger partial charge >= 0.3 is 0 Å². The minimum absolute atomic E-state index is 0.256. The van der Waals surface area contributed by atoms with Gasteiger partial charge in [0.15, 0.2) is 11.5 Å². The fourth-order valence-electron chi connectivity index (χ4n) is 2.45. The molecule has 0 spiro atoms. The number of benzene rings is 1. The molecule has 1 aromatic carbocycles. The molecule has 2 aromatic heterocycles. The van der Waals surface area contributed by atoms with Crippen LogP contribution in [-0.4, -0.2) is 30.1 Å². The third-order valence-electron chi connectivity index (χ3n) is 3.86. The SMILES string of the molecule is COc1ccc(NC(=O)c2ccc(NCc3cccnc3)nc2)cc1OC. The van der Waals surface area contributed by atoms with Crippen LogP contribution in [0.25, 0.3) is 0 Å². The fourth-order valence-corrected chi connectivity index (χ4v) is 2.45. The van der Waals surface area contributed by atoms with E-state index in [1.165, 1.54) is 6.20 Å². The van der Waals surface area contributed by atoms with E-state index >= 15 is 0 Å². The molecular formula is C20H20N4O3. The molecule has 0 bridgehead atoms. The summed E-state index contributed by atoms with van der Waals surface area (Å²) in [6, 6.07) is 12.5. The quantitative estimate of drug-likeness (QED) is 0.669. The van der Waals surface area contributed by atoms with Crippen LogP contribution in [0.15, 0.2) is 61.1 Å². The van der Waals surface area contributed by atoms with Gasteiger partial charge in [0.2, 0.25) is 0 Å². The van der Waals surface area contributed by atoms with Gasteiger partial charge in [0.25, 0.3) is 5.91 Å². The van der Waals surface area contributed by atoms with Crippen molar-refractivity contribution in [2.75, 3.05) is 24.9 Å². The van der Waals surface area contributed by atoms with E-state index < -0.39 is 0 Å². The zero-order valence-corrected chi connectivity index (χ0v) is 15.1. The van der Waals surface area contributed by atoms with E-state index in [0.717, 1.165) is 5.56 Å². The van der Waals surface area contributed by atoms with Crippen LogP contribution in [0.5, 0.6) is 11.5 Å². The number of rotatable bonds is 7. The molecule has 7 heteroatoms. The molecule has 0 unspecified atom stereocenters. The molecule has 0 radical (unpaired) electrons. The highest BCUT2D eigenvalue weighted by Gasteiger charge is 2.10. The highest BCUT2D eigenvalue weighted by Crippen LogP contribution is 2.29. The molecule has 0 fully saturated rings. The van der Waals surface area contributed by atoms with Gasteiger partial charge in [-0.2, -0.15) is 0 Å². The molecule has 0 saturated heterocycles. The fraction of sp³-hybridized carbons (Fsp3) is 0.150. The summed E-state index contributed by atoms with van der Waals surface area (Å²) in [6.45, 7) is 0.609. The minimum Gasteiger partial charge on any atom is -0.493 e. The molecule has 27 heavy (non-hydrogen) atoms. The largest absolute Gasteiger partial charge is 0.493 e. The maximum Gasteiger partial charge on any atom is 0.257 e. The number of ether oxygens (including phenoxy) is 2. The summed E-state index contributed by atoms with van der Waals surface area (Å²) in [7, 11) is 3.11. The second kappa shape index (κ2) is 8.66. The Kier molecular flexibility index (Phi) is 5.84. The summed E-state index contributed by atoms with van der Waals surface area (Å²) in [5, 5.41) is 6.01. The second-order valence-electron chi connectivity index (χ2n) is 5.67. The lowest BCUT2D eigenvalue weighted by atomic mass is 10.2. The molecule has 3 aromatic rings. The van der Waals surface area contributed by atoms with Gasteiger partial charge in [-0.25, -0.2) is 4.98 Å². The predicted octanol–water partition coefficient (Wildman–Crippen LogP) is 3.36. The average Bonchev–Trinajstić information content (AvgIpc) is 2.73. The third kappa shape index (κ3) is 4.72. The molecule has 3 rings (SSSR count). The van der Waals surface area contributed by atoms with Gasteiger partial charge in [-0.3, -0.25) is 9.78 Å². The van der Waals surface area contributed by atoms with Crippen LogP contribution >= 0.6 is 0 Å². The number of carbonyl (C=O) groups is 1. The Bertz CT molecular complexity index is 899. The van der Waals surface area contributed by atoms with Gasteiger partial charge in [-0.15, -0.1) is 0 Å². The zero-order valence-electron chi connectivity index (χ0n) is 15.1. The summed E-state index contributed by atoms with van der Waals surface area (Å²) in [6.07, 6.45) is 5.05. The summed E-state index contributed by atoms with van der Waals surface area (Å²) < 4.78 is 10.4. The molecule has 0 aliphatic carbocycles. The number of pyridine rings is 2. The maximum atomic E-state index is 12.4. The lowest BCUT2D eigenvalue weighted by Gasteiger charge is -2.11. The smallest absolute Gasteiger partial charge is 0.257 e. The molecule has 0 saturated carbocycles. The van der Waals surface area contributed by atoms with Crippen molar-refractivity contribution in [3.05, 3.63) is 72.2 Å². The van der Waals surface area contributed by atoms with Crippen molar-refractivity contribution in [1.29, 1.82) is 0 Å². The molecule has 0 aliphatic heterocycles. The van der Waals surface area contributed by atoms with Gasteiger partial charge in [0.1, 0.15) is 5.82 Å². The van der Waals surface area contributed by atoms with Gasteiger partial charge in [0, 0.05) is 36.9 Å². The molecule has 1 amide bonds. The van der Waals surface area contributed by atoms with Gasteiger partial charge in [-0.05, 0) is 35.9 Å². The molecular weight excluding hydrogens is 344 g/mol. The normalized spacial score (nSPS) is 10.1. The van der Waals surface area contributed by atoms with Crippen molar-refractivity contribution >= 4 is 17.4 Å². The van der Waals surface area contributed by atoms with E-state index in [1.807, 2.05) is 12.1 Å². The van der Waals surface area contributed by atoms with Crippen LogP contribution in [0.1, 0.15) is 15.9 Å². The number of anilines is 2. The zero-order chi connectivity index (χ0) is 19.1.